The molecule has 1 heterocycles. The lowest BCUT2D eigenvalue weighted by atomic mass is 10.1. The molecule has 1 rings (SSSR count). The van der Waals surface area contributed by atoms with E-state index < -0.39 is 0 Å². The Morgan fingerprint density at radius 2 is 2.00 bits per heavy atom. The fraction of sp³-hybridized carbons (Fsp3) is 0.600. The van der Waals surface area contributed by atoms with Crippen LogP contribution in [0.4, 0.5) is 0 Å². The van der Waals surface area contributed by atoms with Crippen LogP contribution in [0, 0.1) is 12.8 Å². The zero-order valence-electron chi connectivity index (χ0n) is 12.0. The van der Waals surface area contributed by atoms with E-state index in [2.05, 4.69) is 19.2 Å². The van der Waals surface area contributed by atoms with Crippen molar-refractivity contribution in [2.24, 2.45) is 5.92 Å². The lowest BCUT2D eigenvalue weighted by molar-refractivity contribution is -0.121. The van der Waals surface area contributed by atoms with Gasteiger partial charge in [-0.15, -0.1) is 11.3 Å². The van der Waals surface area contributed by atoms with Gasteiger partial charge in [-0.25, -0.2) is 0 Å². The summed E-state index contributed by atoms with van der Waals surface area (Å²) in [7, 11) is 0. The molecule has 0 radical (unpaired) electrons. The van der Waals surface area contributed by atoms with E-state index in [4.69, 9.17) is 0 Å². The van der Waals surface area contributed by atoms with Crippen LogP contribution in [-0.4, -0.2) is 18.2 Å². The molecule has 106 valence electrons. The van der Waals surface area contributed by atoms with Gasteiger partial charge >= 0.3 is 0 Å². The Balaban J connectivity index is 2.18. The van der Waals surface area contributed by atoms with Crippen molar-refractivity contribution in [2.75, 3.05) is 6.54 Å². The molecule has 19 heavy (non-hydrogen) atoms. The Morgan fingerprint density at radius 3 is 2.58 bits per heavy atom. The summed E-state index contributed by atoms with van der Waals surface area (Å²) in [6.45, 7) is 7.03. The van der Waals surface area contributed by atoms with Gasteiger partial charge in [-0.05, 0) is 37.8 Å². The zero-order valence-corrected chi connectivity index (χ0v) is 12.8. The zero-order chi connectivity index (χ0) is 14.3. The normalized spacial score (nSPS) is 10.7. The molecular formula is C15H23NO2S. The highest BCUT2D eigenvalue weighted by atomic mass is 32.1. The van der Waals surface area contributed by atoms with E-state index in [1.165, 1.54) is 11.3 Å². The summed E-state index contributed by atoms with van der Waals surface area (Å²) in [5.41, 5.74) is 0. The third-order valence-corrected chi connectivity index (χ3v) is 3.92. The number of thiophene rings is 1. The number of rotatable bonds is 8. The second-order valence-electron chi connectivity index (χ2n) is 5.22. The molecular weight excluding hydrogens is 258 g/mol. The van der Waals surface area contributed by atoms with Crippen molar-refractivity contribution < 1.29 is 9.59 Å². The van der Waals surface area contributed by atoms with Gasteiger partial charge in [0.25, 0.3) is 0 Å². The molecule has 0 aliphatic rings. The number of carbonyl (C=O) groups excluding carboxylic acids is 2. The standard InChI is InChI=1S/C15H23NO2S/c1-11(2)5-4-10-16-15(18)9-7-13(17)14-8-6-12(3)19-14/h6,8,11H,4-5,7,9-10H2,1-3H3,(H,16,18). The number of amides is 1. The third-order valence-electron chi connectivity index (χ3n) is 2.87. The minimum absolute atomic E-state index is 0.0228. The fourth-order valence-electron chi connectivity index (χ4n) is 1.76. The highest BCUT2D eigenvalue weighted by Gasteiger charge is 2.10. The Hall–Kier alpha value is -1.16. The van der Waals surface area contributed by atoms with Crippen molar-refractivity contribution in [1.82, 2.24) is 5.32 Å². The van der Waals surface area contributed by atoms with Crippen LogP contribution < -0.4 is 5.32 Å². The minimum Gasteiger partial charge on any atom is -0.356 e. The number of ketones is 1. The van der Waals surface area contributed by atoms with Crippen molar-refractivity contribution in [3.05, 3.63) is 21.9 Å². The molecule has 3 nitrogen and oxygen atoms in total. The molecule has 1 amide bonds. The van der Waals surface area contributed by atoms with Gasteiger partial charge in [0, 0.05) is 24.3 Å². The first-order valence-corrected chi connectivity index (χ1v) is 7.67. The highest BCUT2D eigenvalue weighted by molar-refractivity contribution is 7.14. The van der Waals surface area contributed by atoms with E-state index in [1.54, 1.807) is 0 Å². The van der Waals surface area contributed by atoms with Crippen LogP contribution in [0.1, 0.15) is 54.1 Å². The lowest BCUT2D eigenvalue weighted by Gasteiger charge is -2.06. The quantitative estimate of drug-likeness (QED) is 0.585. The van der Waals surface area contributed by atoms with E-state index in [1.807, 2.05) is 19.1 Å². The SMILES string of the molecule is Cc1ccc(C(=O)CCC(=O)NCCCC(C)C)s1. The van der Waals surface area contributed by atoms with E-state index in [-0.39, 0.29) is 18.1 Å². The van der Waals surface area contributed by atoms with Crippen molar-refractivity contribution >= 4 is 23.0 Å². The first kappa shape index (κ1) is 15.9. The van der Waals surface area contributed by atoms with Gasteiger partial charge in [0.15, 0.2) is 5.78 Å². The number of hydrogen-bond donors (Lipinski definition) is 1. The number of hydrogen-bond acceptors (Lipinski definition) is 3. The van der Waals surface area contributed by atoms with Crippen molar-refractivity contribution in [1.29, 1.82) is 0 Å². The third kappa shape index (κ3) is 6.53. The summed E-state index contributed by atoms with van der Waals surface area (Å²) in [6.07, 6.45) is 2.71. The molecule has 0 unspecified atom stereocenters. The maximum atomic E-state index is 11.8. The molecule has 1 aromatic rings. The molecule has 0 saturated heterocycles. The molecule has 1 N–H and O–H groups in total. The largest absolute Gasteiger partial charge is 0.356 e. The lowest BCUT2D eigenvalue weighted by Crippen LogP contribution is -2.25. The summed E-state index contributed by atoms with van der Waals surface area (Å²) >= 11 is 1.49. The number of carbonyl (C=O) groups is 2. The predicted octanol–water partition coefficient (Wildman–Crippen LogP) is 3.57. The molecule has 4 heteroatoms. The molecule has 0 aliphatic carbocycles. The first-order chi connectivity index (χ1) is 8.99. The molecule has 1 aromatic heterocycles. The molecule has 0 atom stereocenters. The van der Waals surface area contributed by atoms with Crippen LogP contribution in [0.25, 0.3) is 0 Å². The maximum Gasteiger partial charge on any atom is 0.220 e. The topological polar surface area (TPSA) is 46.2 Å². The van der Waals surface area contributed by atoms with E-state index in [0.717, 1.165) is 22.6 Å². The Bertz CT molecular complexity index is 424. The number of aryl methyl sites for hydroxylation is 1. The van der Waals surface area contributed by atoms with E-state index in [0.29, 0.717) is 18.9 Å². The van der Waals surface area contributed by atoms with E-state index in [9.17, 15) is 9.59 Å². The molecule has 0 bridgehead atoms. The number of Topliss-reactive ketones (excluding diaryl/α,β-unsaturated/α-hetero) is 1. The maximum absolute atomic E-state index is 11.8. The van der Waals surface area contributed by atoms with Crippen molar-refractivity contribution in [3.63, 3.8) is 0 Å². The summed E-state index contributed by atoms with van der Waals surface area (Å²) < 4.78 is 0. The highest BCUT2D eigenvalue weighted by Crippen LogP contribution is 2.17. The van der Waals surface area contributed by atoms with Gasteiger partial charge in [-0.1, -0.05) is 13.8 Å². The first-order valence-electron chi connectivity index (χ1n) is 6.85. The van der Waals surface area contributed by atoms with Crippen LogP contribution in [0.15, 0.2) is 12.1 Å². The van der Waals surface area contributed by atoms with E-state index >= 15 is 0 Å². The average Bonchev–Trinajstić information content (AvgIpc) is 2.78. The van der Waals surface area contributed by atoms with Gasteiger partial charge < -0.3 is 5.32 Å². The van der Waals surface area contributed by atoms with Crippen LogP contribution in [0.5, 0.6) is 0 Å². The van der Waals surface area contributed by atoms with Crippen LogP contribution >= 0.6 is 11.3 Å². The smallest absolute Gasteiger partial charge is 0.220 e. The van der Waals surface area contributed by atoms with Crippen molar-refractivity contribution in [3.8, 4) is 0 Å². The van der Waals surface area contributed by atoms with Crippen molar-refractivity contribution in [2.45, 2.75) is 46.5 Å². The molecule has 0 saturated carbocycles. The Labute approximate surface area is 119 Å². The average molecular weight is 281 g/mol. The summed E-state index contributed by atoms with van der Waals surface area (Å²) in [5.74, 6) is 0.710. The van der Waals surface area contributed by atoms with Gasteiger partial charge in [0.1, 0.15) is 0 Å². The number of nitrogens with one attached hydrogen (secondary N) is 1. The molecule has 0 aromatic carbocycles. The summed E-state index contributed by atoms with van der Waals surface area (Å²) in [6, 6.07) is 3.77. The van der Waals surface area contributed by atoms with Gasteiger partial charge in [0.2, 0.25) is 5.91 Å². The summed E-state index contributed by atoms with van der Waals surface area (Å²) in [4.78, 5) is 25.3. The predicted molar refractivity (Wildman–Crippen MR) is 79.7 cm³/mol. The monoisotopic (exact) mass is 281 g/mol. The molecule has 0 fully saturated rings. The Morgan fingerprint density at radius 1 is 1.26 bits per heavy atom. The van der Waals surface area contributed by atoms with Crippen LogP contribution in [0.3, 0.4) is 0 Å². The Kier molecular flexibility index (Phi) is 6.78. The van der Waals surface area contributed by atoms with Crippen LogP contribution in [-0.2, 0) is 4.79 Å². The van der Waals surface area contributed by atoms with Crippen LogP contribution in [0.2, 0.25) is 0 Å². The van der Waals surface area contributed by atoms with Gasteiger partial charge in [-0.3, -0.25) is 9.59 Å². The fourth-order valence-corrected chi connectivity index (χ4v) is 2.60. The summed E-state index contributed by atoms with van der Waals surface area (Å²) in [5, 5.41) is 2.86. The second-order valence-corrected chi connectivity index (χ2v) is 6.51. The second kappa shape index (κ2) is 8.10. The van der Waals surface area contributed by atoms with Gasteiger partial charge in [-0.2, -0.15) is 0 Å². The minimum atomic E-state index is -0.0228. The molecule has 0 spiro atoms. The molecule has 0 aliphatic heterocycles. The van der Waals surface area contributed by atoms with Gasteiger partial charge in [0.05, 0.1) is 4.88 Å².